The highest BCUT2D eigenvalue weighted by molar-refractivity contribution is 5.82. The number of rotatable bonds is 7. The van der Waals surface area contributed by atoms with E-state index in [-0.39, 0.29) is 28.7 Å². The van der Waals surface area contributed by atoms with Crippen LogP contribution in [0.1, 0.15) is 49.7 Å². The molecule has 2 aromatic heterocycles. The zero-order chi connectivity index (χ0) is 26.8. The van der Waals surface area contributed by atoms with Gasteiger partial charge in [0, 0.05) is 6.04 Å². The maximum Gasteiger partial charge on any atom is 0.266 e. The average Bonchev–Trinajstić information content (AvgIpc) is 3.44. The van der Waals surface area contributed by atoms with Crippen molar-refractivity contribution in [2.45, 2.75) is 45.2 Å². The number of hydrogen-bond acceptors (Lipinski definition) is 9. The molecule has 3 heterocycles. The fourth-order valence-electron chi connectivity index (χ4n) is 5.21. The summed E-state index contributed by atoms with van der Waals surface area (Å²) < 4.78 is 1.63. The second-order valence-electron chi connectivity index (χ2n) is 9.72. The Balaban J connectivity index is 1.64. The standard InChI is InChI=1S/C28H31N9O/c1-17(36-13-6-7-14-36)15-19-9-8-12-22-23(19)27(38)37(20-10-4-3-5-11-20)26(33-22)18(2)32-25-21(16-29)24(30)34-28(31)35-25/h3-5,8-12,17-18H,6-7,13-15H2,1-2H3,(H5,30,31,32,34,35)/t17-,18?/m0/s1. The summed E-state index contributed by atoms with van der Waals surface area (Å²) in [6.45, 7) is 6.25. The number of fused-ring (bicyclic) bond motifs is 1. The van der Waals surface area contributed by atoms with Gasteiger partial charge in [-0.1, -0.05) is 30.3 Å². The van der Waals surface area contributed by atoms with Gasteiger partial charge in [0.15, 0.2) is 5.82 Å². The van der Waals surface area contributed by atoms with Crippen LogP contribution < -0.4 is 22.3 Å². The normalized spacial score (nSPS) is 15.3. The van der Waals surface area contributed by atoms with E-state index in [1.54, 1.807) is 4.57 Å². The summed E-state index contributed by atoms with van der Waals surface area (Å²) >= 11 is 0. The molecule has 5 N–H and O–H groups in total. The van der Waals surface area contributed by atoms with E-state index in [0.29, 0.717) is 28.5 Å². The molecule has 0 aliphatic carbocycles. The van der Waals surface area contributed by atoms with E-state index in [9.17, 15) is 10.1 Å². The van der Waals surface area contributed by atoms with Crippen molar-refractivity contribution in [3.63, 3.8) is 0 Å². The van der Waals surface area contributed by atoms with Gasteiger partial charge in [-0.25, -0.2) is 4.98 Å². The van der Waals surface area contributed by atoms with E-state index in [1.165, 1.54) is 12.8 Å². The minimum absolute atomic E-state index is 0.0154. The third-order valence-electron chi connectivity index (χ3n) is 7.11. The summed E-state index contributed by atoms with van der Waals surface area (Å²) in [7, 11) is 0. The first-order chi connectivity index (χ1) is 18.4. The number of anilines is 3. The fraction of sp³-hybridized carbons (Fsp3) is 0.321. The molecule has 4 aromatic rings. The Labute approximate surface area is 221 Å². The van der Waals surface area contributed by atoms with Crippen molar-refractivity contribution in [1.29, 1.82) is 5.26 Å². The molecule has 1 saturated heterocycles. The smallest absolute Gasteiger partial charge is 0.266 e. The van der Waals surface area contributed by atoms with Crippen LogP contribution in [-0.2, 0) is 6.42 Å². The molecular formula is C28H31N9O. The predicted molar refractivity (Wildman–Crippen MR) is 149 cm³/mol. The molecular weight excluding hydrogens is 478 g/mol. The van der Waals surface area contributed by atoms with Crippen molar-refractivity contribution in [1.82, 2.24) is 24.4 Å². The molecule has 0 amide bonds. The van der Waals surface area contributed by atoms with E-state index in [1.807, 2.05) is 61.5 Å². The predicted octanol–water partition coefficient (Wildman–Crippen LogP) is 3.41. The summed E-state index contributed by atoms with van der Waals surface area (Å²) in [4.78, 5) is 29.7. The topological polar surface area (TPSA) is 152 Å². The van der Waals surface area contributed by atoms with Crippen molar-refractivity contribution in [3.8, 4) is 11.8 Å². The molecule has 10 nitrogen and oxygen atoms in total. The molecule has 10 heteroatoms. The van der Waals surface area contributed by atoms with E-state index in [4.69, 9.17) is 16.5 Å². The van der Waals surface area contributed by atoms with Crippen LogP contribution in [0.3, 0.4) is 0 Å². The number of nitriles is 1. The number of likely N-dealkylation sites (tertiary alicyclic amines) is 1. The van der Waals surface area contributed by atoms with Gasteiger partial charge in [-0.3, -0.25) is 9.36 Å². The van der Waals surface area contributed by atoms with Crippen LogP contribution in [0.15, 0.2) is 53.3 Å². The molecule has 0 spiro atoms. The van der Waals surface area contributed by atoms with E-state index in [2.05, 4.69) is 27.1 Å². The number of nitrogens with zero attached hydrogens (tertiary/aromatic N) is 6. The minimum Gasteiger partial charge on any atom is -0.382 e. The summed E-state index contributed by atoms with van der Waals surface area (Å²) in [5, 5.41) is 13.4. The SMILES string of the molecule is CC(Nc1nc(N)nc(N)c1C#N)c1nc2cccc(C[C@H](C)N3CCCC3)c2c(=O)n1-c1ccccc1. The highest BCUT2D eigenvalue weighted by Gasteiger charge is 2.24. The summed E-state index contributed by atoms with van der Waals surface area (Å²) in [6, 6.07) is 17.1. The first-order valence-corrected chi connectivity index (χ1v) is 12.8. The van der Waals surface area contributed by atoms with Crippen LogP contribution in [0, 0.1) is 11.3 Å². The lowest BCUT2D eigenvalue weighted by Gasteiger charge is -2.25. The van der Waals surface area contributed by atoms with Gasteiger partial charge in [-0.2, -0.15) is 15.2 Å². The number of nitrogen functional groups attached to an aromatic ring is 2. The Morgan fingerprint density at radius 2 is 1.76 bits per heavy atom. The zero-order valence-corrected chi connectivity index (χ0v) is 21.6. The van der Waals surface area contributed by atoms with Crippen LogP contribution in [0.4, 0.5) is 17.6 Å². The highest BCUT2D eigenvalue weighted by Crippen LogP contribution is 2.26. The quantitative estimate of drug-likeness (QED) is 0.340. The number of hydrogen-bond donors (Lipinski definition) is 3. The monoisotopic (exact) mass is 509 g/mol. The van der Waals surface area contributed by atoms with Crippen LogP contribution >= 0.6 is 0 Å². The average molecular weight is 510 g/mol. The minimum atomic E-state index is -0.528. The van der Waals surface area contributed by atoms with Crippen LogP contribution in [0.5, 0.6) is 0 Å². The third-order valence-corrected chi connectivity index (χ3v) is 7.11. The molecule has 1 aliphatic rings. The summed E-state index contributed by atoms with van der Waals surface area (Å²) in [5.74, 6) is 0.587. The van der Waals surface area contributed by atoms with Gasteiger partial charge in [-0.15, -0.1) is 0 Å². The highest BCUT2D eigenvalue weighted by atomic mass is 16.1. The Morgan fingerprint density at radius 3 is 2.47 bits per heavy atom. The summed E-state index contributed by atoms with van der Waals surface area (Å²) in [5.41, 5.74) is 13.9. The Hall–Kier alpha value is -4.49. The van der Waals surface area contributed by atoms with Gasteiger partial charge in [0.2, 0.25) is 5.95 Å². The van der Waals surface area contributed by atoms with Gasteiger partial charge >= 0.3 is 0 Å². The van der Waals surface area contributed by atoms with E-state index in [0.717, 1.165) is 25.1 Å². The molecule has 2 atom stereocenters. The molecule has 0 radical (unpaired) electrons. The molecule has 0 bridgehead atoms. The number of aromatic nitrogens is 4. The third kappa shape index (κ3) is 4.76. The van der Waals surface area contributed by atoms with Gasteiger partial charge in [0.25, 0.3) is 5.56 Å². The van der Waals surface area contributed by atoms with Gasteiger partial charge < -0.3 is 21.7 Å². The lowest BCUT2D eigenvalue weighted by molar-refractivity contribution is 0.258. The molecule has 0 saturated carbocycles. The van der Waals surface area contributed by atoms with Crippen molar-refractivity contribution in [2.24, 2.45) is 0 Å². The second kappa shape index (κ2) is 10.5. The van der Waals surface area contributed by atoms with Gasteiger partial charge in [0.1, 0.15) is 23.3 Å². The first kappa shape index (κ1) is 25.2. The number of nitrogens with two attached hydrogens (primary N) is 2. The van der Waals surface area contributed by atoms with Crippen LogP contribution in [-0.4, -0.2) is 43.6 Å². The van der Waals surface area contributed by atoms with Crippen LogP contribution in [0.25, 0.3) is 16.6 Å². The molecule has 1 fully saturated rings. The molecule has 38 heavy (non-hydrogen) atoms. The fourth-order valence-corrected chi connectivity index (χ4v) is 5.21. The molecule has 1 unspecified atom stereocenters. The number of para-hydroxylation sites is 1. The summed E-state index contributed by atoms with van der Waals surface area (Å²) in [6.07, 6.45) is 3.20. The Bertz CT molecular complexity index is 1570. The van der Waals surface area contributed by atoms with E-state index >= 15 is 0 Å². The number of benzene rings is 2. The first-order valence-electron chi connectivity index (χ1n) is 12.8. The van der Waals surface area contributed by atoms with Gasteiger partial charge in [-0.05, 0) is 70.0 Å². The molecule has 194 valence electrons. The molecule has 1 aliphatic heterocycles. The van der Waals surface area contributed by atoms with Gasteiger partial charge in [0.05, 0.1) is 22.6 Å². The molecule has 2 aromatic carbocycles. The Kier molecular flexibility index (Phi) is 6.94. The maximum atomic E-state index is 14.2. The van der Waals surface area contributed by atoms with Crippen molar-refractivity contribution in [3.05, 3.63) is 75.8 Å². The van der Waals surface area contributed by atoms with Crippen LogP contribution in [0.2, 0.25) is 0 Å². The van der Waals surface area contributed by atoms with Crippen molar-refractivity contribution >= 4 is 28.5 Å². The van der Waals surface area contributed by atoms with E-state index < -0.39 is 6.04 Å². The maximum absolute atomic E-state index is 14.2. The van der Waals surface area contributed by atoms with Crippen molar-refractivity contribution in [2.75, 3.05) is 29.9 Å². The largest absolute Gasteiger partial charge is 0.382 e. The Morgan fingerprint density at radius 1 is 1.03 bits per heavy atom. The lowest BCUT2D eigenvalue weighted by Crippen LogP contribution is -2.33. The lowest BCUT2D eigenvalue weighted by atomic mass is 10.0. The zero-order valence-electron chi connectivity index (χ0n) is 21.6. The molecule has 5 rings (SSSR count). The second-order valence-corrected chi connectivity index (χ2v) is 9.72. The van der Waals surface area contributed by atoms with Crippen molar-refractivity contribution < 1.29 is 0 Å². The number of nitrogens with one attached hydrogen (secondary N) is 1.